The molecule has 0 aliphatic rings. The first-order valence-electron chi connectivity index (χ1n) is 6.62. The molecule has 1 atom stereocenters. The number of thioether (sulfide) groups is 1. The number of likely N-dealkylation sites (N-methyl/N-ethyl adjacent to an activating group) is 1. The molecule has 0 amide bonds. The maximum atomic E-state index is 4.06. The number of pyridine rings is 1. The molecule has 1 unspecified atom stereocenters. The Kier molecular flexibility index (Phi) is 5.43. The molecule has 2 aromatic rings. The van der Waals surface area contributed by atoms with Gasteiger partial charge < -0.3 is 5.32 Å². The molecule has 0 radical (unpaired) electrons. The predicted molar refractivity (Wildman–Crippen MR) is 82.6 cm³/mol. The molecule has 19 heavy (non-hydrogen) atoms. The third-order valence-corrected chi connectivity index (χ3v) is 4.03. The Bertz CT molecular complexity index is 482. The summed E-state index contributed by atoms with van der Waals surface area (Å²) in [5.41, 5.74) is 2.64. The van der Waals surface area contributed by atoms with Gasteiger partial charge in [-0.25, -0.2) is 0 Å². The van der Waals surface area contributed by atoms with Gasteiger partial charge in [0, 0.05) is 23.3 Å². The predicted octanol–water partition coefficient (Wildman–Crippen LogP) is 3.70. The molecule has 1 N–H and O–H groups in total. The monoisotopic (exact) mass is 272 g/mol. The van der Waals surface area contributed by atoms with Crippen LogP contribution in [-0.2, 0) is 6.42 Å². The number of rotatable bonds is 6. The van der Waals surface area contributed by atoms with E-state index < -0.39 is 0 Å². The summed E-state index contributed by atoms with van der Waals surface area (Å²) in [6, 6.07) is 13.4. The number of nitrogens with zero attached hydrogens (tertiary/aromatic N) is 1. The molecule has 100 valence electrons. The van der Waals surface area contributed by atoms with Gasteiger partial charge >= 0.3 is 0 Å². The summed E-state index contributed by atoms with van der Waals surface area (Å²) in [7, 11) is 2.01. The average Bonchev–Trinajstić information content (AvgIpc) is 2.47. The van der Waals surface area contributed by atoms with Crippen LogP contribution >= 0.6 is 11.8 Å². The molecule has 1 aromatic heterocycles. The smallest absolute Gasteiger partial charge is 0.0358 e. The Morgan fingerprint density at radius 1 is 1.11 bits per heavy atom. The zero-order valence-electron chi connectivity index (χ0n) is 11.5. The maximum absolute atomic E-state index is 4.06. The van der Waals surface area contributed by atoms with Crippen molar-refractivity contribution in [2.75, 3.05) is 12.8 Å². The molecular weight excluding hydrogens is 252 g/mol. The van der Waals surface area contributed by atoms with Crippen molar-refractivity contribution in [1.82, 2.24) is 10.3 Å². The second-order valence-electron chi connectivity index (χ2n) is 4.40. The van der Waals surface area contributed by atoms with Crippen molar-refractivity contribution in [3.05, 3.63) is 59.9 Å². The highest BCUT2D eigenvalue weighted by Gasteiger charge is 2.09. The van der Waals surface area contributed by atoms with Crippen molar-refractivity contribution in [3.8, 4) is 0 Å². The molecule has 0 saturated heterocycles. The minimum Gasteiger partial charge on any atom is -0.313 e. The topological polar surface area (TPSA) is 24.9 Å². The van der Waals surface area contributed by atoms with E-state index in [9.17, 15) is 0 Å². The van der Waals surface area contributed by atoms with Crippen molar-refractivity contribution < 1.29 is 0 Å². The Hall–Kier alpha value is -1.32. The van der Waals surface area contributed by atoms with Gasteiger partial charge in [0.05, 0.1) is 0 Å². The van der Waals surface area contributed by atoms with E-state index in [1.54, 1.807) is 0 Å². The average molecular weight is 272 g/mol. The van der Waals surface area contributed by atoms with Crippen molar-refractivity contribution in [3.63, 3.8) is 0 Å². The van der Waals surface area contributed by atoms with Crippen molar-refractivity contribution in [2.24, 2.45) is 0 Å². The second-order valence-corrected chi connectivity index (χ2v) is 5.74. The first-order chi connectivity index (χ1) is 9.33. The fraction of sp³-hybridized carbons (Fsp3) is 0.312. The van der Waals surface area contributed by atoms with E-state index in [2.05, 4.69) is 53.6 Å². The van der Waals surface area contributed by atoms with Crippen LogP contribution in [0.4, 0.5) is 0 Å². The normalized spacial score (nSPS) is 12.3. The molecule has 0 aliphatic carbocycles. The van der Waals surface area contributed by atoms with E-state index in [4.69, 9.17) is 0 Å². The van der Waals surface area contributed by atoms with Crippen LogP contribution in [0.1, 0.15) is 24.1 Å². The molecule has 1 heterocycles. The van der Waals surface area contributed by atoms with Crippen LogP contribution in [0.15, 0.2) is 53.7 Å². The van der Waals surface area contributed by atoms with Gasteiger partial charge in [-0.1, -0.05) is 19.1 Å². The molecule has 0 saturated carbocycles. The molecular formula is C16H20N2S. The van der Waals surface area contributed by atoms with E-state index in [1.807, 2.05) is 31.2 Å². The summed E-state index contributed by atoms with van der Waals surface area (Å²) >= 11 is 1.88. The van der Waals surface area contributed by atoms with Crippen LogP contribution in [0.5, 0.6) is 0 Å². The Morgan fingerprint density at radius 3 is 2.37 bits per heavy atom. The summed E-state index contributed by atoms with van der Waals surface area (Å²) in [5.74, 6) is 1.12. The standard InChI is InChI=1S/C16H20N2S/c1-3-19-15-6-4-14(5-7-15)16(17-2)12-13-8-10-18-11-9-13/h4-11,16-17H,3,12H2,1-2H3. The second kappa shape index (κ2) is 7.31. The molecule has 1 aromatic carbocycles. The zero-order valence-corrected chi connectivity index (χ0v) is 12.3. The minimum absolute atomic E-state index is 0.350. The molecule has 0 aliphatic heterocycles. The highest BCUT2D eigenvalue weighted by molar-refractivity contribution is 7.99. The summed E-state index contributed by atoms with van der Waals surface area (Å²) in [6.07, 6.45) is 4.69. The third kappa shape index (κ3) is 4.08. The first-order valence-corrected chi connectivity index (χ1v) is 7.61. The quantitative estimate of drug-likeness (QED) is 0.812. The van der Waals surface area contributed by atoms with Crippen molar-refractivity contribution >= 4 is 11.8 Å². The van der Waals surface area contributed by atoms with Gasteiger partial charge in [-0.05, 0) is 54.6 Å². The van der Waals surface area contributed by atoms with E-state index >= 15 is 0 Å². The van der Waals surface area contributed by atoms with Crippen LogP contribution in [0.25, 0.3) is 0 Å². The molecule has 2 rings (SSSR count). The van der Waals surface area contributed by atoms with E-state index in [0.717, 1.165) is 12.2 Å². The van der Waals surface area contributed by atoms with Crippen LogP contribution in [-0.4, -0.2) is 17.8 Å². The molecule has 0 fully saturated rings. The van der Waals surface area contributed by atoms with Crippen LogP contribution in [0.2, 0.25) is 0 Å². The van der Waals surface area contributed by atoms with Crippen molar-refractivity contribution in [2.45, 2.75) is 24.3 Å². The Morgan fingerprint density at radius 2 is 1.79 bits per heavy atom. The van der Waals surface area contributed by atoms with Crippen LogP contribution in [0.3, 0.4) is 0 Å². The lowest BCUT2D eigenvalue weighted by Crippen LogP contribution is -2.18. The fourth-order valence-electron chi connectivity index (χ4n) is 2.10. The lowest BCUT2D eigenvalue weighted by Gasteiger charge is -2.17. The van der Waals surface area contributed by atoms with Gasteiger partial charge in [0.25, 0.3) is 0 Å². The number of benzene rings is 1. The van der Waals surface area contributed by atoms with Gasteiger partial charge in [0.1, 0.15) is 0 Å². The molecule has 0 bridgehead atoms. The number of hydrogen-bond acceptors (Lipinski definition) is 3. The van der Waals surface area contributed by atoms with Crippen molar-refractivity contribution in [1.29, 1.82) is 0 Å². The highest BCUT2D eigenvalue weighted by Crippen LogP contribution is 2.22. The molecule has 3 heteroatoms. The molecule has 0 spiro atoms. The fourth-order valence-corrected chi connectivity index (χ4v) is 2.77. The van der Waals surface area contributed by atoms with E-state index in [-0.39, 0.29) is 0 Å². The van der Waals surface area contributed by atoms with Gasteiger partial charge in [-0.2, -0.15) is 0 Å². The lowest BCUT2D eigenvalue weighted by atomic mass is 10.00. The van der Waals surface area contributed by atoms with Crippen LogP contribution in [0, 0.1) is 0 Å². The summed E-state index contributed by atoms with van der Waals surface area (Å²) in [6.45, 7) is 2.18. The lowest BCUT2D eigenvalue weighted by molar-refractivity contribution is 0.591. The highest BCUT2D eigenvalue weighted by atomic mass is 32.2. The zero-order chi connectivity index (χ0) is 13.5. The largest absolute Gasteiger partial charge is 0.313 e. The molecule has 2 nitrogen and oxygen atoms in total. The van der Waals surface area contributed by atoms with Gasteiger partial charge in [-0.15, -0.1) is 11.8 Å². The Labute approximate surface area is 119 Å². The maximum Gasteiger partial charge on any atom is 0.0358 e. The SMILES string of the molecule is CCSc1ccc(C(Cc2ccncc2)NC)cc1. The summed E-state index contributed by atoms with van der Waals surface area (Å²) < 4.78 is 0. The Balaban J connectivity index is 2.08. The first kappa shape index (κ1) is 14.1. The number of nitrogens with one attached hydrogen (secondary N) is 1. The third-order valence-electron chi connectivity index (χ3n) is 3.13. The van der Waals surface area contributed by atoms with E-state index in [1.165, 1.54) is 16.0 Å². The summed E-state index contributed by atoms with van der Waals surface area (Å²) in [5, 5.41) is 3.39. The number of aromatic nitrogens is 1. The van der Waals surface area contributed by atoms with Gasteiger partial charge in [0.2, 0.25) is 0 Å². The van der Waals surface area contributed by atoms with Crippen LogP contribution < -0.4 is 5.32 Å². The summed E-state index contributed by atoms with van der Waals surface area (Å²) in [4.78, 5) is 5.40. The number of hydrogen-bond donors (Lipinski definition) is 1. The van der Waals surface area contributed by atoms with Gasteiger partial charge in [0.15, 0.2) is 0 Å². The minimum atomic E-state index is 0.350. The van der Waals surface area contributed by atoms with Gasteiger partial charge in [-0.3, -0.25) is 4.98 Å². The van der Waals surface area contributed by atoms with E-state index in [0.29, 0.717) is 6.04 Å².